The first kappa shape index (κ1) is 11.5. The number of aromatic hydroxyl groups is 1. The van der Waals surface area contributed by atoms with Gasteiger partial charge in [0.05, 0.1) is 0 Å². The number of hydrogen-bond acceptors (Lipinski definition) is 3. The molecule has 1 aromatic heterocycles. The van der Waals surface area contributed by atoms with Gasteiger partial charge in [-0.2, -0.15) is 5.10 Å². The third-order valence-electron chi connectivity index (χ3n) is 2.28. The SMILES string of the molecule is Oc1c(F)cc(CNCc2ccn[nH]2)cc1F. The maximum absolute atomic E-state index is 13.0. The fourth-order valence-corrected chi connectivity index (χ4v) is 1.44. The molecule has 0 amide bonds. The van der Waals surface area contributed by atoms with E-state index in [-0.39, 0.29) is 0 Å². The first-order valence-electron chi connectivity index (χ1n) is 5.02. The van der Waals surface area contributed by atoms with Gasteiger partial charge in [0.1, 0.15) is 0 Å². The van der Waals surface area contributed by atoms with E-state index in [0.29, 0.717) is 18.7 Å². The van der Waals surface area contributed by atoms with Crippen molar-refractivity contribution in [3.8, 4) is 5.75 Å². The summed E-state index contributed by atoms with van der Waals surface area (Å²) in [6.45, 7) is 0.817. The van der Waals surface area contributed by atoms with Gasteiger partial charge in [-0.1, -0.05) is 0 Å². The van der Waals surface area contributed by atoms with E-state index < -0.39 is 17.4 Å². The van der Waals surface area contributed by atoms with Crippen LogP contribution < -0.4 is 5.32 Å². The highest BCUT2D eigenvalue weighted by Gasteiger charge is 2.09. The number of nitrogens with one attached hydrogen (secondary N) is 2. The number of rotatable bonds is 4. The molecular weight excluding hydrogens is 228 g/mol. The number of hydrogen-bond donors (Lipinski definition) is 3. The largest absolute Gasteiger partial charge is 0.503 e. The van der Waals surface area contributed by atoms with Crippen molar-refractivity contribution in [2.75, 3.05) is 0 Å². The molecule has 3 N–H and O–H groups in total. The van der Waals surface area contributed by atoms with E-state index in [0.717, 1.165) is 17.8 Å². The van der Waals surface area contributed by atoms with E-state index in [1.54, 1.807) is 12.3 Å². The van der Waals surface area contributed by atoms with E-state index in [2.05, 4.69) is 15.5 Å². The minimum absolute atomic E-state index is 0.299. The van der Waals surface area contributed by atoms with Gasteiger partial charge in [-0.05, 0) is 23.8 Å². The van der Waals surface area contributed by atoms with Gasteiger partial charge in [0.2, 0.25) is 0 Å². The Balaban J connectivity index is 1.95. The fraction of sp³-hybridized carbons (Fsp3) is 0.182. The van der Waals surface area contributed by atoms with Gasteiger partial charge in [-0.25, -0.2) is 8.78 Å². The lowest BCUT2D eigenvalue weighted by Gasteiger charge is -2.05. The molecule has 0 radical (unpaired) electrons. The number of halogens is 2. The van der Waals surface area contributed by atoms with Crippen molar-refractivity contribution in [2.45, 2.75) is 13.1 Å². The van der Waals surface area contributed by atoms with Gasteiger partial charge in [0, 0.05) is 25.0 Å². The molecule has 0 unspecified atom stereocenters. The summed E-state index contributed by atoms with van der Waals surface area (Å²) in [7, 11) is 0. The lowest BCUT2D eigenvalue weighted by atomic mass is 10.2. The van der Waals surface area contributed by atoms with Crippen LogP contribution in [0.15, 0.2) is 24.4 Å². The van der Waals surface area contributed by atoms with Crippen LogP contribution in [0.4, 0.5) is 8.78 Å². The molecule has 0 fully saturated rings. The average molecular weight is 239 g/mol. The van der Waals surface area contributed by atoms with E-state index >= 15 is 0 Å². The van der Waals surface area contributed by atoms with E-state index in [1.165, 1.54) is 0 Å². The predicted molar refractivity (Wildman–Crippen MR) is 57.2 cm³/mol. The first-order valence-corrected chi connectivity index (χ1v) is 5.02. The predicted octanol–water partition coefficient (Wildman–Crippen LogP) is 1.68. The standard InChI is InChI=1S/C11H11F2N3O/c12-9-3-7(4-10(13)11(9)17)5-14-6-8-1-2-15-16-8/h1-4,14,17H,5-6H2,(H,15,16). The molecule has 6 heteroatoms. The Labute approximate surface area is 96.3 Å². The number of nitrogens with zero attached hydrogens (tertiary/aromatic N) is 1. The zero-order chi connectivity index (χ0) is 12.3. The molecule has 0 spiro atoms. The smallest absolute Gasteiger partial charge is 0.187 e. The number of H-pyrrole nitrogens is 1. The molecule has 17 heavy (non-hydrogen) atoms. The number of phenols is 1. The summed E-state index contributed by atoms with van der Waals surface area (Å²) >= 11 is 0. The third-order valence-corrected chi connectivity index (χ3v) is 2.28. The Morgan fingerprint density at radius 1 is 1.24 bits per heavy atom. The molecular formula is C11H11F2N3O. The topological polar surface area (TPSA) is 60.9 Å². The Hall–Kier alpha value is -1.95. The van der Waals surface area contributed by atoms with Gasteiger partial charge in [-0.3, -0.25) is 5.10 Å². The van der Waals surface area contributed by atoms with Crippen LogP contribution in [-0.4, -0.2) is 15.3 Å². The van der Waals surface area contributed by atoms with Crippen LogP contribution in [0, 0.1) is 11.6 Å². The highest BCUT2D eigenvalue weighted by Crippen LogP contribution is 2.21. The van der Waals surface area contributed by atoms with E-state index in [4.69, 9.17) is 5.11 Å². The summed E-state index contributed by atoms with van der Waals surface area (Å²) in [4.78, 5) is 0. The Morgan fingerprint density at radius 2 is 1.94 bits per heavy atom. The van der Waals surface area contributed by atoms with Gasteiger partial charge in [-0.15, -0.1) is 0 Å². The molecule has 0 saturated carbocycles. The second-order valence-corrected chi connectivity index (χ2v) is 3.59. The summed E-state index contributed by atoms with van der Waals surface area (Å²) in [5.41, 5.74) is 1.31. The summed E-state index contributed by atoms with van der Waals surface area (Å²) in [6, 6.07) is 3.99. The van der Waals surface area contributed by atoms with Crippen LogP contribution in [0.25, 0.3) is 0 Å². The number of phenolic OH excluding ortho intramolecular Hbond substituents is 1. The first-order chi connectivity index (χ1) is 8.16. The van der Waals surface area contributed by atoms with Crippen LogP contribution in [0.5, 0.6) is 5.75 Å². The second-order valence-electron chi connectivity index (χ2n) is 3.59. The quantitative estimate of drug-likeness (QED) is 0.760. The Bertz CT molecular complexity index is 476. The van der Waals surface area contributed by atoms with Gasteiger partial charge in [0.15, 0.2) is 17.4 Å². The summed E-state index contributed by atoms with van der Waals surface area (Å²) in [5.74, 6) is -2.85. The normalized spacial score (nSPS) is 10.7. The zero-order valence-corrected chi connectivity index (χ0v) is 8.87. The summed E-state index contributed by atoms with van der Waals surface area (Å²) < 4.78 is 26.0. The Morgan fingerprint density at radius 3 is 2.53 bits per heavy atom. The highest BCUT2D eigenvalue weighted by molar-refractivity contribution is 5.29. The van der Waals surface area contributed by atoms with Crippen molar-refractivity contribution in [3.05, 3.63) is 47.3 Å². The number of benzene rings is 1. The zero-order valence-electron chi connectivity index (χ0n) is 8.87. The lowest BCUT2D eigenvalue weighted by Crippen LogP contribution is -2.13. The highest BCUT2D eigenvalue weighted by atomic mass is 19.1. The van der Waals surface area contributed by atoms with Crippen molar-refractivity contribution in [2.24, 2.45) is 0 Å². The second kappa shape index (κ2) is 4.92. The van der Waals surface area contributed by atoms with Crippen molar-refractivity contribution >= 4 is 0 Å². The average Bonchev–Trinajstić information content (AvgIpc) is 2.79. The van der Waals surface area contributed by atoms with Crippen LogP contribution in [0.2, 0.25) is 0 Å². The van der Waals surface area contributed by atoms with Gasteiger partial charge < -0.3 is 10.4 Å². The number of aromatic amines is 1. The van der Waals surface area contributed by atoms with E-state index in [1.807, 2.05) is 0 Å². The minimum Gasteiger partial charge on any atom is -0.503 e. The van der Waals surface area contributed by atoms with Crippen molar-refractivity contribution < 1.29 is 13.9 Å². The molecule has 2 rings (SSSR count). The maximum atomic E-state index is 13.0. The molecule has 0 saturated heterocycles. The van der Waals surface area contributed by atoms with Crippen LogP contribution in [0.3, 0.4) is 0 Å². The molecule has 0 aliphatic rings. The molecule has 1 heterocycles. The van der Waals surface area contributed by atoms with Crippen LogP contribution >= 0.6 is 0 Å². The third kappa shape index (κ3) is 2.79. The molecule has 1 aromatic carbocycles. The monoisotopic (exact) mass is 239 g/mol. The lowest BCUT2D eigenvalue weighted by molar-refractivity contribution is 0.395. The van der Waals surface area contributed by atoms with Crippen LogP contribution in [-0.2, 0) is 13.1 Å². The number of aromatic nitrogens is 2. The van der Waals surface area contributed by atoms with Gasteiger partial charge >= 0.3 is 0 Å². The van der Waals surface area contributed by atoms with Crippen LogP contribution in [0.1, 0.15) is 11.3 Å². The minimum atomic E-state index is -0.955. The van der Waals surface area contributed by atoms with Crippen molar-refractivity contribution in [1.29, 1.82) is 0 Å². The molecule has 0 atom stereocenters. The van der Waals surface area contributed by atoms with E-state index in [9.17, 15) is 8.78 Å². The molecule has 0 aliphatic carbocycles. The summed E-state index contributed by atoms with van der Waals surface area (Å²) in [5, 5.41) is 18.4. The maximum Gasteiger partial charge on any atom is 0.187 e. The van der Waals surface area contributed by atoms with Crippen molar-refractivity contribution in [1.82, 2.24) is 15.5 Å². The molecule has 0 bridgehead atoms. The molecule has 4 nitrogen and oxygen atoms in total. The summed E-state index contributed by atoms with van der Waals surface area (Å²) in [6.07, 6.45) is 1.62. The fourth-order valence-electron chi connectivity index (χ4n) is 1.44. The van der Waals surface area contributed by atoms with Gasteiger partial charge in [0.25, 0.3) is 0 Å². The van der Waals surface area contributed by atoms with Crippen molar-refractivity contribution in [3.63, 3.8) is 0 Å². The molecule has 90 valence electrons. The molecule has 2 aromatic rings. The molecule has 0 aliphatic heterocycles. The Kier molecular flexibility index (Phi) is 3.34.